The molecule has 13 heteroatoms. The van der Waals surface area contributed by atoms with Crippen LogP contribution >= 0.6 is 8.53 Å². The Labute approximate surface area is 341 Å². The Balaban J connectivity index is 1.47. The molecule has 6 atom stereocenters. The minimum absolute atomic E-state index is 0.0229. The molecule has 1 N–H and O–H groups in total. The van der Waals surface area contributed by atoms with Gasteiger partial charge in [0.05, 0.1) is 59.4 Å². The molecule has 0 spiro atoms. The van der Waals surface area contributed by atoms with Crippen LogP contribution in [0.15, 0.2) is 78.9 Å². The van der Waals surface area contributed by atoms with Crippen molar-refractivity contribution in [2.24, 2.45) is 11.8 Å². The lowest BCUT2D eigenvalue weighted by molar-refractivity contribution is -0.249. The van der Waals surface area contributed by atoms with Crippen LogP contribution in [0.1, 0.15) is 65.2 Å². The number of amides is 1. The van der Waals surface area contributed by atoms with Gasteiger partial charge >= 0.3 is 0 Å². The summed E-state index contributed by atoms with van der Waals surface area (Å²) in [5.74, 6) is 1.40. The number of hydrogen-bond donors (Lipinski definition) is 1. The second kappa shape index (κ2) is 23.1. The fourth-order valence-corrected chi connectivity index (χ4v) is 8.74. The number of methoxy groups -OCH3 is 2. The molecule has 1 heterocycles. The highest BCUT2D eigenvalue weighted by Gasteiger charge is 2.43. The van der Waals surface area contributed by atoms with E-state index in [-0.39, 0.29) is 61.7 Å². The molecular weight excluding hydrogens is 745 g/mol. The Morgan fingerprint density at radius 3 is 1.89 bits per heavy atom. The summed E-state index contributed by atoms with van der Waals surface area (Å²) in [5.41, 5.74) is 1.77. The van der Waals surface area contributed by atoms with Crippen LogP contribution in [-0.2, 0) is 38.4 Å². The van der Waals surface area contributed by atoms with E-state index in [0.29, 0.717) is 26.4 Å². The molecule has 12 nitrogen and oxygen atoms in total. The second-order valence-electron chi connectivity index (χ2n) is 14.6. The van der Waals surface area contributed by atoms with Crippen molar-refractivity contribution >= 4 is 14.4 Å². The second-order valence-corrected chi connectivity index (χ2v) is 16.1. The third kappa shape index (κ3) is 12.4. The standard InChI is InChI=1S/C44H62N3O9P/c1-31(2)47(32(3)4)57(54-25-24-45-8)55-29-26-51-30-41-33(5)34(6)42(46-35(7)48)43(56-41)52-27-28-53-44(36-14-12-11-13-15-36,37-16-20-39(49-9)21-17-37)38-18-22-40(50-10)23-19-38/h11-23,31-34,41-43H,24-30H2,1-7,9-10H3,(H,46,48). The lowest BCUT2D eigenvalue weighted by atomic mass is 9.80. The maximum atomic E-state index is 12.4. The summed E-state index contributed by atoms with van der Waals surface area (Å²) >= 11 is 0. The fraction of sp³-hybridized carbons (Fsp3) is 0.545. The quantitative estimate of drug-likeness (QED) is 0.0441. The Hall–Kier alpha value is -3.63. The van der Waals surface area contributed by atoms with Crippen LogP contribution in [0.4, 0.5) is 0 Å². The summed E-state index contributed by atoms with van der Waals surface area (Å²) in [6.45, 7) is 23.2. The molecule has 0 aliphatic carbocycles. The molecule has 1 saturated heterocycles. The molecule has 1 fully saturated rings. The first-order valence-corrected chi connectivity index (χ1v) is 20.9. The van der Waals surface area contributed by atoms with E-state index in [4.69, 9.17) is 44.0 Å². The van der Waals surface area contributed by atoms with Gasteiger partial charge in [-0.05, 0) is 80.5 Å². The number of nitrogens with one attached hydrogen (secondary N) is 1. The zero-order valence-corrected chi connectivity index (χ0v) is 35.9. The van der Waals surface area contributed by atoms with Crippen molar-refractivity contribution in [2.45, 2.75) is 84.6 Å². The molecular formula is C44H62N3O9P. The third-order valence-corrected chi connectivity index (χ3v) is 12.3. The van der Waals surface area contributed by atoms with E-state index in [9.17, 15) is 4.79 Å². The molecule has 1 amide bonds. The van der Waals surface area contributed by atoms with Gasteiger partial charge in [0.15, 0.2) is 6.29 Å². The van der Waals surface area contributed by atoms with Crippen molar-refractivity contribution < 1.29 is 42.3 Å². The van der Waals surface area contributed by atoms with Gasteiger partial charge in [-0.15, -0.1) is 0 Å². The summed E-state index contributed by atoms with van der Waals surface area (Å²) in [5, 5.41) is 3.08. The minimum atomic E-state index is -1.36. The highest BCUT2D eigenvalue weighted by Crippen LogP contribution is 2.46. The molecule has 0 radical (unpaired) electrons. The number of carbonyl (C=O) groups is 1. The summed E-state index contributed by atoms with van der Waals surface area (Å²) in [7, 11) is 1.94. The maximum Gasteiger partial charge on any atom is 0.259 e. The summed E-state index contributed by atoms with van der Waals surface area (Å²) < 4.78 is 51.6. The molecule has 0 aromatic heterocycles. The van der Waals surface area contributed by atoms with Crippen LogP contribution in [0, 0.1) is 18.4 Å². The van der Waals surface area contributed by atoms with Crippen molar-refractivity contribution in [3.63, 3.8) is 0 Å². The molecule has 3 aromatic rings. The Morgan fingerprint density at radius 2 is 1.37 bits per heavy atom. The molecule has 1 aliphatic rings. The van der Waals surface area contributed by atoms with Gasteiger partial charge in [-0.1, -0.05) is 68.4 Å². The van der Waals surface area contributed by atoms with E-state index in [1.807, 2.05) is 66.7 Å². The van der Waals surface area contributed by atoms with Gasteiger partial charge in [0.2, 0.25) is 12.5 Å². The first-order chi connectivity index (χ1) is 27.5. The molecule has 0 saturated carbocycles. The van der Waals surface area contributed by atoms with Crippen LogP contribution in [-0.4, -0.2) is 102 Å². The minimum Gasteiger partial charge on any atom is -0.497 e. The monoisotopic (exact) mass is 807 g/mol. The first kappa shape index (κ1) is 46.1. The molecule has 1 aliphatic heterocycles. The van der Waals surface area contributed by atoms with Gasteiger partial charge in [0.1, 0.15) is 23.7 Å². The van der Waals surface area contributed by atoms with Gasteiger partial charge in [-0.3, -0.25) is 4.79 Å². The first-order valence-electron chi connectivity index (χ1n) is 19.7. The molecule has 6 unspecified atom stereocenters. The van der Waals surface area contributed by atoms with E-state index in [2.05, 4.69) is 68.5 Å². The van der Waals surface area contributed by atoms with Gasteiger partial charge in [-0.2, -0.15) is 0 Å². The van der Waals surface area contributed by atoms with Crippen molar-refractivity contribution in [3.05, 3.63) is 107 Å². The molecule has 0 bridgehead atoms. The summed E-state index contributed by atoms with van der Waals surface area (Å²) in [6.07, 6.45) is -1.03. The van der Waals surface area contributed by atoms with Crippen molar-refractivity contribution in [1.29, 1.82) is 0 Å². The normalized spacial score (nSPS) is 20.4. The van der Waals surface area contributed by atoms with Crippen molar-refractivity contribution in [1.82, 2.24) is 9.99 Å². The predicted octanol–water partition coefficient (Wildman–Crippen LogP) is 7.85. The number of nitrogens with zero attached hydrogens (tertiary/aromatic N) is 2. The molecule has 57 heavy (non-hydrogen) atoms. The number of rotatable bonds is 23. The largest absolute Gasteiger partial charge is 0.497 e. The maximum absolute atomic E-state index is 12.4. The highest BCUT2D eigenvalue weighted by molar-refractivity contribution is 7.44. The zero-order valence-electron chi connectivity index (χ0n) is 35.0. The van der Waals surface area contributed by atoms with Gasteiger partial charge in [-0.25, -0.2) is 11.2 Å². The highest BCUT2D eigenvalue weighted by atomic mass is 31.2. The zero-order chi connectivity index (χ0) is 41.4. The van der Waals surface area contributed by atoms with Crippen LogP contribution in [0.5, 0.6) is 11.5 Å². The van der Waals surface area contributed by atoms with E-state index in [0.717, 1.165) is 28.2 Å². The Bertz CT molecular complexity index is 1600. The molecule has 4 rings (SSSR count). The van der Waals surface area contributed by atoms with Gasteiger partial charge < -0.3 is 47.6 Å². The number of ether oxygens (including phenoxy) is 6. The lowest BCUT2D eigenvalue weighted by Crippen LogP contribution is -2.58. The SMILES string of the molecule is [C-]#[N+]CCOP(OCCOCC1OC(OCCOC(c2ccccc2)(c2ccc(OC)cc2)c2ccc(OC)cc2)C(NC(C)=O)C(C)C1C)N(C(C)C)C(C)C. The van der Waals surface area contributed by atoms with Crippen LogP contribution in [0.2, 0.25) is 0 Å². The smallest absolute Gasteiger partial charge is 0.259 e. The average Bonchev–Trinajstić information content (AvgIpc) is 3.21. The van der Waals surface area contributed by atoms with Gasteiger partial charge in [0.25, 0.3) is 8.53 Å². The van der Waals surface area contributed by atoms with E-state index in [1.165, 1.54) is 6.92 Å². The summed E-state index contributed by atoms with van der Waals surface area (Å²) in [6, 6.07) is 25.9. The number of benzene rings is 3. The molecule has 312 valence electrons. The fourth-order valence-electron chi connectivity index (χ4n) is 7.18. The van der Waals surface area contributed by atoms with Crippen LogP contribution in [0.3, 0.4) is 0 Å². The Kier molecular flexibility index (Phi) is 18.7. The number of carbonyl (C=O) groups excluding carboxylic acids is 1. The van der Waals surface area contributed by atoms with Crippen molar-refractivity contribution in [2.75, 3.05) is 60.4 Å². The third-order valence-electron chi connectivity index (χ3n) is 10.2. The van der Waals surface area contributed by atoms with Crippen molar-refractivity contribution in [3.8, 4) is 11.5 Å². The van der Waals surface area contributed by atoms with Crippen LogP contribution in [0.25, 0.3) is 4.85 Å². The Morgan fingerprint density at radius 1 is 0.807 bits per heavy atom. The van der Waals surface area contributed by atoms with E-state index < -0.39 is 20.4 Å². The van der Waals surface area contributed by atoms with Crippen LogP contribution < -0.4 is 14.8 Å². The average molecular weight is 808 g/mol. The number of hydrogen-bond acceptors (Lipinski definition) is 10. The van der Waals surface area contributed by atoms with E-state index >= 15 is 0 Å². The lowest BCUT2D eigenvalue weighted by Gasteiger charge is -2.44. The van der Waals surface area contributed by atoms with Gasteiger partial charge in [0, 0.05) is 19.0 Å². The molecule has 3 aromatic carbocycles. The predicted molar refractivity (Wildman–Crippen MR) is 222 cm³/mol. The topological polar surface area (TPSA) is 111 Å². The summed E-state index contributed by atoms with van der Waals surface area (Å²) in [4.78, 5) is 15.8. The van der Waals surface area contributed by atoms with E-state index in [1.54, 1.807) is 14.2 Å².